The Morgan fingerprint density at radius 2 is 1.72 bits per heavy atom. The predicted octanol–water partition coefficient (Wildman–Crippen LogP) is 3.78. The quantitative estimate of drug-likeness (QED) is 0.666. The van der Waals surface area contributed by atoms with E-state index >= 15 is 0 Å². The van der Waals surface area contributed by atoms with Crippen LogP contribution in [0.4, 0.5) is 4.39 Å². The molecule has 3 heteroatoms. The first-order valence-electron chi connectivity index (χ1n) is 5.70. The van der Waals surface area contributed by atoms with Crippen LogP contribution in [-0.2, 0) is 0 Å². The minimum Gasteiger partial charge on any atom is -0.495 e. The average Bonchev–Trinajstić information content (AvgIpc) is 2.74. The molecule has 0 saturated carbocycles. The average molecular weight is 241 g/mol. The highest BCUT2D eigenvalue weighted by atomic mass is 19.1. The minimum atomic E-state index is -0.291. The van der Waals surface area contributed by atoms with E-state index in [1.54, 1.807) is 11.7 Å². The van der Waals surface area contributed by atoms with E-state index in [1.165, 1.54) is 6.07 Å². The van der Waals surface area contributed by atoms with Crippen molar-refractivity contribution in [3.05, 3.63) is 60.5 Å². The molecule has 0 aliphatic heterocycles. The fraction of sp³-hybridized carbons (Fsp3) is 0.0667. The summed E-state index contributed by atoms with van der Waals surface area (Å²) in [4.78, 5) is 0. The Bertz CT molecular complexity index is 703. The minimum absolute atomic E-state index is 0.291. The Morgan fingerprint density at radius 3 is 2.56 bits per heavy atom. The molecular weight excluding hydrogens is 229 g/mol. The van der Waals surface area contributed by atoms with Crippen LogP contribution in [0.5, 0.6) is 5.75 Å². The molecule has 3 rings (SSSR count). The molecule has 2 nitrogen and oxygen atoms in total. The van der Waals surface area contributed by atoms with E-state index in [0.717, 1.165) is 10.9 Å². The normalized spacial score (nSPS) is 10.8. The summed E-state index contributed by atoms with van der Waals surface area (Å²) in [5, 5.41) is 0.876. The summed E-state index contributed by atoms with van der Waals surface area (Å²) in [6, 6.07) is 16.5. The fourth-order valence-corrected chi connectivity index (χ4v) is 2.18. The van der Waals surface area contributed by atoms with Gasteiger partial charge < -0.3 is 4.74 Å². The molecule has 0 radical (unpaired) electrons. The monoisotopic (exact) mass is 241 g/mol. The molecule has 1 aromatic heterocycles. The number of benzene rings is 2. The first kappa shape index (κ1) is 10.8. The lowest BCUT2D eigenvalue weighted by Gasteiger charge is -2.11. The van der Waals surface area contributed by atoms with E-state index in [0.29, 0.717) is 11.4 Å². The number of methoxy groups -OCH3 is 1. The maximum absolute atomic E-state index is 14.1. The number of ether oxygens (including phenoxy) is 1. The van der Waals surface area contributed by atoms with Gasteiger partial charge in [-0.15, -0.1) is 0 Å². The molecule has 2 aromatic carbocycles. The lowest BCUT2D eigenvalue weighted by Crippen LogP contribution is -1.99. The summed E-state index contributed by atoms with van der Waals surface area (Å²) < 4.78 is 21.0. The molecule has 0 spiro atoms. The molecule has 0 amide bonds. The molecule has 0 atom stereocenters. The molecule has 0 aliphatic rings. The predicted molar refractivity (Wildman–Crippen MR) is 69.8 cm³/mol. The van der Waals surface area contributed by atoms with Gasteiger partial charge in [0.25, 0.3) is 0 Å². The van der Waals surface area contributed by atoms with E-state index in [1.807, 2.05) is 48.5 Å². The van der Waals surface area contributed by atoms with E-state index < -0.39 is 0 Å². The van der Waals surface area contributed by atoms with Crippen molar-refractivity contribution >= 4 is 10.9 Å². The smallest absolute Gasteiger partial charge is 0.199 e. The number of aromatic nitrogens is 1. The van der Waals surface area contributed by atoms with Crippen molar-refractivity contribution in [3.63, 3.8) is 0 Å². The van der Waals surface area contributed by atoms with Gasteiger partial charge in [-0.1, -0.05) is 30.3 Å². The second-order valence-corrected chi connectivity index (χ2v) is 4.03. The highest BCUT2D eigenvalue weighted by Crippen LogP contribution is 2.29. The zero-order valence-corrected chi connectivity index (χ0v) is 9.93. The Morgan fingerprint density at radius 1 is 1.00 bits per heavy atom. The third-order valence-corrected chi connectivity index (χ3v) is 2.99. The second kappa shape index (κ2) is 4.18. The summed E-state index contributed by atoms with van der Waals surface area (Å²) in [6.45, 7) is 0. The molecule has 0 bridgehead atoms. The van der Waals surface area contributed by atoms with Gasteiger partial charge in [0.1, 0.15) is 5.75 Å². The Hall–Kier alpha value is -2.29. The van der Waals surface area contributed by atoms with E-state index in [2.05, 4.69) is 0 Å². The Labute approximate surface area is 104 Å². The van der Waals surface area contributed by atoms with Crippen LogP contribution in [0.3, 0.4) is 0 Å². The first-order chi connectivity index (χ1) is 8.81. The van der Waals surface area contributed by atoms with Crippen LogP contribution in [-0.4, -0.2) is 11.7 Å². The summed E-state index contributed by atoms with van der Waals surface area (Å²) in [5.41, 5.74) is 1.54. The molecule has 0 unspecified atom stereocenters. The maximum atomic E-state index is 14.1. The largest absolute Gasteiger partial charge is 0.495 e. The van der Waals surface area contributed by atoms with Crippen LogP contribution in [0, 0.1) is 5.95 Å². The van der Waals surface area contributed by atoms with Gasteiger partial charge in [-0.3, -0.25) is 4.57 Å². The number of hydrogen-bond donors (Lipinski definition) is 0. The highest BCUT2D eigenvalue weighted by Gasteiger charge is 2.12. The van der Waals surface area contributed by atoms with Crippen LogP contribution in [0.15, 0.2) is 54.6 Å². The van der Waals surface area contributed by atoms with Gasteiger partial charge in [0.05, 0.1) is 18.3 Å². The fourth-order valence-electron chi connectivity index (χ4n) is 2.18. The van der Waals surface area contributed by atoms with Crippen molar-refractivity contribution in [1.29, 1.82) is 0 Å². The summed E-state index contributed by atoms with van der Waals surface area (Å²) in [6.07, 6.45) is 0. The molecule has 0 fully saturated rings. The van der Waals surface area contributed by atoms with Crippen LogP contribution >= 0.6 is 0 Å². The van der Waals surface area contributed by atoms with Crippen LogP contribution in [0.1, 0.15) is 0 Å². The van der Waals surface area contributed by atoms with E-state index in [-0.39, 0.29) is 5.95 Å². The third kappa shape index (κ3) is 1.56. The molecule has 0 aliphatic carbocycles. The van der Waals surface area contributed by atoms with Gasteiger partial charge >= 0.3 is 0 Å². The van der Waals surface area contributed by atoms with Gasteiger partial charge in [0.15, 0.2) is 5.95 Å². The summed E-state index contributed by atoms with van der Waals surface area (Å²) >= 11 is 0. The highest BCUT2D eigenvalue weighted by molar-refractivity contribution is 5.82. The van der Waals surface area contributed by atoms with Crippen LogP contribution in [0.2, 0.25) is 0 Å². The van der Waals surface area contributed by atoms with Crippen LogP contribution < -0.4 is 4.74 Å². The number of nitrogens with zero attached hydrogens (tertiary/aromatic N) is 1. The zero-order valence-electron chi connectivity index (χ0n) is 9.93. The lowest BCUT2D eigenvalue weighted by atomic mass is 10.2. The summed E-state index contributed by atoms with van der Waals surface area (Å²) in [7, 11) is 1.59. The number of para-hydroxylation sites is 3. The van der Waals surface area contributed by atoms with Gasteiger partial charge in [-0.05, 0) is 18.2 Å². The molecule has 18 heavy (non-hydrogen) atoms. The van der Waals surface area contributed by atoms with Crippen molar-refractivity contribution in [3.8, 4) is 11.4 Å². The molecule has 1 heterocycles. The van der Waals surface area contributed by atoms with Gasteiger partial charge in [0.2, 0.25) is 0 Å². The number of hydrogen-bond acceptors (Lipinski definition) is 1. The van der Waals surface area contributed by atoms with E-state index in [9.17, 15) is 4.39 Å². The Balaban J connectivity index is 2.34. The summed E-state index contributed by atoms with van der Waals surface area (Å²) in [5.74, 6) is 0.360. The lowest BCUT2D eigenvalue weighted by molar-refractivity contribution is 0.411. The zero-order chi connectivity index (χ0) is 12.5. The SMILES string of the molecule is COc1ccccc1-n1c(F)cc2ccccc21. The standard InChI is InChI=1S/C15H12FNO/c1-18-14-9-5-4-8-13(14)17-12-7-3-2-6-11(12)10-15(17)16/h2-10H,1H3. The van der Waals surface area contributed by atoms with Gasteiger partial charge in [-0.2, -0.15) is 4.39 Å². The second-order valence-electron chi connectivity index (χ2n) is 4.03. The third-order valence-electron chi connectivity index (χ3n) is 2.99. The van der Waals surface area contributed by atoms with Crippen molar-refractivity contribution in [2.45, 2.75) is 0 Å². The van der Waals surface area contributed by atoms with Crippen LogP contribution in [0.25, 0.3) is 16.6 Å². The van der Waals surface area contributed by atoms with Gasteiger partial charge in [0, 0.05) is 11.5 Å². The number of fused-ring (bicyclic) bond motifs is 1. The van der Waals surface area contributed by atoms with Gasteiger partial charge in [-0.25, -0.2) is 0 Å². The van der Waals surface area contributed by atoms with E-state index in [4.69, 9.17) is 4.74 Å². The first-order valence-corrected chi connectivity index (χ1v) is 5.70. The van der Waals surface area contributed by atoms with Crippen molar-refractivity contribution in [2.24, 2.45) is 0 Å². The number of halogens is 1. The molecule has 90 valence electrons. The van der Waals surface area contributed by atoms with Crippen molar-refractivity contribution < 1.29 is 9.13 Å². The van der Waals surface area contributed by atoms with Crippen molar-refractivity contribution in [2.75, 3.05) is 7.11 Å². The topological polar surface area (TPSA) is 14.2 Å². The molecule has 3 aromatic rings. The van der Waals surface area contributed by atoms with Crippen molar-refractivity contribution in [1.82, 2.24) is 4.57 Å². The molecule has 0 saturated heterocycles. The molecular formula is C15H12FNO. The number of rotatable bonds is 2. The maximum Gasteiger partial charge on any atom is 0.199 e. The Kier molecular flexibility index (Phi) is 2.52. The molecule has 0 N–H and O–H groups in total.